The van der Waals surface area contributed by atoms with Crippen LogP contribution in [0.3, 0.4) is 0 Å². The topological polar surface area (TPSA) is 69.7 Å². The van der Waals surface area contributed by atoms with Crippen LogP contribution < -0.4 is 10.8 Å². The Kier molecular flexibility index (Phi) is 4.34. The zero-order valence-electron chi connectivity index (χ0n) is 15.0. The third-order valence-corrected chi connectivity index (χ3v) is 5.40. The van der Waals surface area contributed by atoms with Crippen LogP contribution in [-0.2, 0) is 14.0 Å². The molecule has 0 aromatic carbocycles. The summed E-state index contributed by atoms with van der Waals surface area (Å²) in [7, 11) is 0.994. The molecule has 1 aromatic rings. The molecule has 0 unspecified atom stereocenters. The van der Waals surface area contributed by atoms with Gasteiger partial charge in [-0.1, -0.05) is 6.07 Å². The maximum Gasteiger partial charge on any atom is 0.496 e. The standard InChI is InChI=1S/C17H25BN2O4/c1-16(2)17(3,4)24-18(23-16)12-6-7-14(19-10-12)11-8-13(9-11)20-15(21)22-5/h6-7,10-11,13H,8-9H2,1-5H3,(H,20,21). The Bertz CT molecular complexity index is 596. The molecule has 0 atom stereocenters. The Morgan fingerprint density at radius 2 is 1.88 bits per heavy atom. The van der Waals surface area contributed by atoms with E-state index < -0.39 is 0 Å². The second kappa shape index (κ2) is 6.04. The van der Waals surface area contributed by atoms with Crippen LogP contribution in [0.5, 0.6) is 0 Å². The van der Waals surface area contributed by atoms with E-state index in [9.17, 15) is 4.79 Å². The Labute approximate surface area is 143 Å². The number of carbonyl (C=O) groups excluding carboxylic acids is 1. The van der Waals surface area contributed by atoms with E-state index in [1.54, 1.807) is 0 Å². The molecule has 1 aliphatic heterocycles. The van der Waals surface area contributed by atoms with Crippen molar-refractivity contribution < 1.29 is 18.8 Å². The van der Waals surface area contributed by atoms with Crippen molar-refractivity contribution in [3.8, 4) is 0 Å². The van der Waals surface area contributed by atoms with Gasteiger partial charge in [-0.3, -0.25) is 4.98 Å². The highest BCUT2D eigenvalue weighted by molar-refractivity contribution is 6.62. The summed E-state index contributed by atoms with van der Waals surface area (Å²) in [6.45, 7) is 8.16. The van der Waals surface area contributed by atoms with E-state index in [0.717, 1.165) is 24.0 Å². The molecule has 0 spiro atoms. The minimum atomic E-state index is -0.383. The van der Waals surface area contributed by atoms with Gasteiger partial charge in [-0.2, -0.15) is 0 Å². The molecule has 130 valence electrons. The summed E-state index contributed by atoms with van der Waals surface area (Å²) >= 11 is 0. The number of rotatable bonds is 3. The number of pyridine rings is 1. The van der Waals surface area contributed by atoms with Crippen LogP contribution in [0.1, 0.15) is 52.1 Å². The van der Waals surface area contributed by atoms with Gasteiger partial charge in [0.2, 0.25) is 0 Å². The molecular weight excluding hydrogens is 307 g/mol. The van der Waals surface area contributed by atoms with Gasteiger partial charge in [0, 0.05) is 29.3 Å². The molecule has 1 N–H and O–H groups in total. The summed E-state index contributed by atoms with van der Waals surface area (Å²) in [5.41, 5.74) is 1.27. The van der Waals surface area contributed by atoms with E-state index in [-0.39, 0.29) is 30.5 Å². The van der Waals surface area contributed by atoms with Crippen molar-refractivity contribution in [1.29, 1.82) is 0 Å². The molecule has 1 saturated heterocycles. The van der Waals surface area contributed by atoms with Gasteiger partial charge in [0.15, 0.2) is 0 Å². The largest absolute Gasteiger partial charge is 0.496 e. The highest BCUT2D eigenvalue weighted by Crippen LogP contribution is 2.37. The van der Waals surface area contributed by atoms with Crippen molar-refractivity contribution in [2.45, 2.75) is 63.7 Å². The molecular formula is C17H25BN2O4. The number of nitrogens with one attached hydrogen (secondary N) is 1. The summed E-state index contributed by atoms with van der Waals surface area (Å²) in [4.78, 5) is 15.7. The summed E-state index contributed by atoms with van der Waals surface area (Å²) in [5, 5.41) is 2.81. The Morgan fingerprint density at radius 3 is 2.38 bits per heavy atom. The summed E-state index contributed by atoms with van der Waals surface area (Å²) in [6, 6.07) is 4.22. The normalized spacial score (nSPS) is 27.5. The van der Waals surface area contributed by atoms with Crippen molar-refractivity contribution in [1.82, 2.24) is 10.3 Å². The van der Waals surface area contributed by atoms with Gasteiger partial charge in [-0.05, 0) is 46.6 Å². The lowest BCUT2D eigenvalue weighted by atomic mass is 9.76. The van der Waals surface area contributed by atoms with Crippen LogP contribution in [-0.4, -0.2) is 42.5 Å². The van der Waals surface area contributed by atoms with Gasteiger partial charge in [-0.25, -0.2) is 4.79 Å². The number of ether oxygens (including phenoxy) is 1. The lowest BCUT2D eigenvalue weighted by Gasteiger charge is -2.35. The minimum Gasteiger partial charge on any atom is -0.453 e. The van der Waals surface area contributed by atoms with E-state index in [1.807, 2.05) is 46.0 Å². The van der Waals surface area contributed by atoms with Crippen LogP contribution >= 0.6 is 0 Å². The molecule has 24 heavy (non-hydrogen) atoms. The fraction of sp³-hybridized carbons (Fsp3) is 0.647. The zero-order chi connectivity index (χ0) is 17.5. The van der Waals surface area contributed by atoms with Crippen molar-refractivity contribution in [2.24, 2.45) is 0 Å². The molecule has 6 nitrogen and oxygen atoms in total. The third-order valence-electron chi connectivity index (χ3n) is 5.40. The number of hydrogen-bond donors (Lipinski definition) is 1. The Morgan fingerprint density at radius 1 is 1.25 bits per heavy atom. The van der Waals surface area contributed by atoms with E-state index in [0.29, 0.717) is 5.92 Å². The third kappa shape index (κ3) is 3.15. The van der Waals surface area contributed by atoms with Gasteiger partial charge >= 0.3 is 13.2 Å². The number of carbonyl (C=O) groups is 1. The predicted molar refractivity (Wildman–Crippen MR) is 91.3 cm³/mol. The fourth-order valence-corrected chi connectivity index (χ4v) is 2.98. The van der Waals surface area contributed by atoms with Gasteiger partial charge in [0.25, 0.3) is 0 Å². The first kappa shape index (κ1) is 17.2. The second-order valence-electron chi connectivity index (χ2n) is 7.61. The molecule has 3 rings (SSSR count). The van der Waals surface area contributed by atoms with Gasteiger partial charge < -0.3 is 19.4 Å². The van der Waals surface area contributed by atoms with Crippen molar-refractivity contribution >= 4 is 18.7 Å². The predicted octanol–water partition coefficient (Wildman–Crippen LogP) is 1.98. The molecule has 1 aromatic heterocycles. The molecule has 2 heterocycles. The van der Waals surface area contributed by atoms with Gasteiger partial charge in [0.05, 0.1) is 18.3 Å². The monoisotopic (exact) mass is 332 g/mol. The number of alkyl carbamates (subject to hydrolysis) is 1. The maximum atomic E-state index is 11.2. The van der Waals surface area contributed by atoms with Crippen LogP contribution in [0.25, 0.3) is 0 Å². The lowest BCUT2D eigenvalue weighted by molar-refractivity contribution is 0.00578. The molecule has 2 fully saturated rings. The summed E-state index contributed by atoms with van der Waals surface area (Å²) in [6.07, 6.45) is 3.23. The maximum absolute atomic E-state index is 11.2. The second-order valence-corrected chi connectivity index (χ2v) is 7.61. The van der Waals surface area contributed by atoms with Crippen LogP contribution in [0.15, 0.2) is 18.3 Å². The van der Waals surface area contributed by atoms with E-state index in [1.165, 1.54) is 7.11 Å². The average molecular weight is 332 g/mol. The first-order chi connectivity index (χ1) is 11.2. The van der Waals surface area contributed by atoms with Crippen molar-refractivity contribution in [2.75, 3.05) is 7.11 Å². The SMILES string of the molecule is COC(=O)NC1CC(c2ccc(B3OC(C)(C)C(C)(C)O3)cn2)C1. The van der Waals surface area contributed by atoms with Crippen LogP contribution in [0.4, 0.5) is 4.79 Å². The molecule has 7 heteroatoms. The van der Waals surface area contributed by atoms with E-state index in [4.69, 9.17) is 9.31 Å². The highest BCUT2D eigenvalue weighted by Gasteiger charge is 2.51. The molecule has 1 saturated carbocycles. The fourth-order valence-electron chi connectivity index (χ4n) is 2.98. The van der Waals surface area contributed by atoms with Crippen LogP contribution in [0.2, 0.25) is 0 Å². The Balaban J connectivity index is 1.59. The summed E-state index contributed by atoms with van der Waals surface area (Å²) in [5.74, 6) is 0.375. The minimum absolute atomic E-state index is 0.173. The smallest absolute Gasteiger partial charge is 0.453 e. The molecule has 0 radical (unpaired) electrons. The van der Waals surface area contributed by atoms with E-state index >= 15 is 0 Å². The number of methoxy groups -OCH3 is 1. The van der Waals surface area contributed by atoms with Crippen molar-refractivity contribution in [3.05, 3.63) is 24.0 Å². The van der Waals surface area contributed by atoms with Crippen molar-refractivity contribution in [3.63, 3.8) is 0 Å². The summed E-state index contributed by atoms with van der Waals surface area (Å²) < 4.78 is 16.7. The van der Waals surface area contributed by atoms with Crippen LogP contribution in [0, 0.1) is 0 Å². The van der Waals surface area contributed by atoms with E-state index in [2.05, 4.69) is 15.0 Å². The number of amides is 1. The number of aromatic nitrogens is 1. The van der Waals surface area contributed by atoms with Gasteiger partial charge in [0.1, 0.15) is 0 Å². The number of nitrogens with zero attached hydrogens (tertiary/aromatic N) is 1. The molecule has 0 bridgehead atoms. The Hall–Kier alpha value is -1.60. The molecule has 1 amide bonds. The highest BCUT2D eigenvalue weighted by atomic mass is 16.7. The molecule has 2 aliphatic rings. The zero-order valence-corrected chi connectivity index (χ0v) is 15.0. The number of hydrogen-bond acceptors (Lipinski definition) is 5. The first-order valence-electron chi connectivity index (χ1n) is 8.38. The quantitative estimate of drug-likeness (QED) is 0.857. The van der Waals surface area contributed by atoms with Gasteiger partial charge in [-0.15, -0.1) is 0 Å². The average Bonchev–Trinajstić information content (AvgIpc) is 2.71. The molecule has 1 aliphatic carbocycles. The lowest BCUT2D eigenvalue weighted by Crippen LogP contribution is -2.43. The first-order valence-corrected chi connectivity index (χ1v) is 8.38.